The number of carbonyl (C=O) groups excluding carboxylic acids is 1. The van der Waals surface area contributed by atoms with Crippen molar-refractivity contribution in [1.29, 1.82) is 0 Å². The van der Waals surface area contributed by atoms with Crippen LogP contribution < -0.4 is 0 Å². The van der Waals surface area contributed by atoms with Gasteiger partial charge < -0.3 is 0 Å². The van der Waals surface area contributed by atoms with Crippen LogP contribution in [0.4, 0.5) is 0 Å². The van der Waals surface area contributed by atoms with E-state index in [2.05, 4.69) is 44.0 Å². The number of aryl methyl sites for hydroxylation is 1. The average molecular weight is 319 g/mol. The molecule has 112 valence electrons. The van der Waals surface area contributed by atoms with Gasteiger partial charge in [-0.15, -0.1) is 23.1 Å². The quantitative estimate of drug-likeness (QED) is 0.701. The number of nitrogens with zero attached hydrogens (tertiary/aromatic N) is 1. The zero-order valence-electron chi connectivity index (χ0n) is 12.8. The van der Waals surface area contributed by atoms with Crippen LogP contribution in [0.25, 0.3) is 0 Å². The van der Waals surface area contributed by atoms with Crippen LogP contribution in [0.15, 0.2) is 34.7 Å². The molecule has 2 nitrogen and oxygen atoms in total. The molecule has 0 amide bonds. The largest absolute Gasteiger partial charge is 0.299 e. The normalized spacial score (nSPS) is 11.0. The predicted octanol–water partition coefficient (Wildman–Crippen LogP) is 4.55. The van der Waals surface area contributed by atoms with Gasteiger partial charge in [0.1, 0.15) is 5.78 Å². The van der Waals surface area contributed by atoms with Crippen LogP contribution >= 0.6 is 23.1 Å². The van der Waals surface area contributed by atoms with Gasteiger partial charge in [0.05, 0.1) is 11.4 Å². The van der Waals surface area contributed by atoms with Crippen LogP contribution in [0.1, 0.15) is 30.0 Å². The molecule has 2 aromatic rings. The van der Waals surface area contributed by atoms with E-state index in [1.807, 2.05) is 17.1 Å². The maximum atomic E-state index is 12.2. The number of hydrogen-bond acceptors (Lipinski definition) is 4. The van der Waals surface area contributed by atoms with Crippen molar-refractivity contribution >= 4 is 28.9 Å². The maximum Gasteiger partial charge on any atom is 0.144 e. The fourth-order valence-corrected chi connectivity index (χ4v) is 3.74. The molecule has 21 heavy (non-hydrogen) atoms. The average Bonchev–Trinajstić information content (AvgIpc) is 2.91. The first-order valence-corrected chi connectivity index (χ1v) is 9.03. The summed E-state index contributed by atoms with van der Waals surface area (Å²) in [5.74, 6) is 1.96. The van der Waals surface area contributed by atoms with Crippen molar-refractivity contribution in [2.75, 3.05) is 5.75 Å². The van der Waals surface area contributed by atoms with Gasteiger partial charge in [-0.1, -0.05) is 31.5 Å². The Morgan fingerprint density at radius 1 is 1.33 bits per heavy atom. The molecule has 0 saturated heterocycles. The first kappa shape index (κ1) is 16.2. The molecule has 0 N–H and O–H groups in total. The van der Waals surface area contributed by atoms with Gasteiger partial charge in [-0.3, -0.25) is 4.79 Å². The number of benzene rings is 1. The van der Waals surface area contributed by atoms with Crippen molar-refractivity contribution < 1.29 is 4.79 Å². The van der Waals surface area contributed by atoms with Gasteiger partial charge in [0.15, 0.2) is 0 Å². The highest BCUT2D eigenvalue weighted by Gasteiger charge is 2.11. The maximum absolute atomic E-state index is 12.2. The molecule has 0 atom stereocenters. The number of carbonyl (C=O) groups is 1. The van der Waals surface area contributed by atoms with Crippen molar-refractivity contribution in [3.05, 3.63) is 45.9 Å². The molecule has 0 spiro atoms. The van der Waals surface area contributed by atoms with E-state index in [1.165, 1.54) is 10.5 Å². The lowest BCUT2D eigenvalue weighted by Gasteiger charge is -2.11. The van der Waals surface area contributed by atoms with Crippen LogP contribution in [0.2, 0.25) is 0 Å². The molecule has 2 rings (SSSR count). The van der Waals surface area contributed by atoms with Crippen LogP contribution in [-0.2, 0) is 17.6 Å². The van der Waals surface area contributed by atoms with Crippen LogP contribution in [0.3, 0.4) is 0 Å². The van der Waals surface area contributed by atoms with E-state index in [-0.39, 0.29) is 5.78 Å². The molecule has 0 aliphatic heterocycles. The van der Waals surface area contributed by atoms with Gasteiger partial charge in [-0.2, -0.15) is 0 Å². The minimum absolute atomic E-state index is 0.236. The molecule has 0 aliphatic carbocycles. The summed E-state index contributed by atoms with van der Waals surface area (Å²) in [7, 11) is 0. The van der Waals surface area contributed by atoms with Crippen LogP contribution in [0.5, 0.6) is 0 Å². The topological polar surface area (TPSA) is 30.0 Å². The second kappa shape index (κ2) is 7.76. The third-order valence-corrected chi connectivity index (χ3v) is 5.32. The lowest BCUT2D eigenvalue weighted by atomic mass is 10.1. The molecular formula is C17H21NOS2. The third-order valence-electron chi connectivity index (χ3n) is 3.01. The molecule has 0 aliphatic rings. The minimum atomic E-state index is 0.236. The van der Waals surface area contributed by atoms with Crippen molar-refractivity contribution in [2.24, 2.45) is 5.92 Å². The SMILES string of the molecule is Cc1ccc(CC(=O)Cc2nccs2)c(SCC(C)C)c1. The molecule has 0 saturated carbocycles. The first-order chi connectivity index (χ1) is 10.0. The predicted molar refractivity (Wildman–Crippen MR) is 91.3 cm³/mol. The molecule has 1 aromatic heterocycles. The standard InChI is InChI=1S/C17H21NOS2/c1-12(2)11-21-16-8-13(3)4-5-14(16)9-15(19)10-17-18-6-7-20-17/h4-8,12H,9-11H2,1-3H3. The number of ketones is 1. The number of aromatic nitrogens is 1. The highest BCUT2D eigenvalue weighted by molar-refractivity contribution is 7.99. The number of hydrogen-bond donors (Lipinski definition) is 0. The third kappa shape index (κ3) is 5.29. The van der Waals surface area contributed by atoms with E-state index in [0.29, 0.717) is 18.8 Å². The van der Waals surface area contributed by atoms with E-state index >= 15 is 0 Å². The van der Waals surface area contributed by atoms with Gasteiger partial charge in [0.25, 0.3) is 0 Å². The molecule has 0 bridgehead atoms. The molecule has 0 fully saturated rings. The Bertz CT molecular complexity index is 591. The fourth-order valence-electron chi connectivity index (χ4n) is 1.98. The zero-order chi connectivity index (χ0) is 15.2. The van der Waals surface area contributed by atoms with Gasteiger partial charge in [-0.25, -0.2) is 4.98 Å². The summed E-state index contributed by atoms with van der Waals surface area (Å²) in [5, 5.41) is 2.82. The smallest absolute Gasteiger partial charge is 0.144 e. The zero-order valence-corrected chi connectivity index (χ0v) is 14.4. The highest BCUT2D eigenvalue weighted by atomic mass is 32.2. The number of thiazole rings is 1. The van der Waals surface area contributed by atoms with Gasteiger partial charge in [-0.05, 0) is 24.5 Å². The van der Waals surface area contributed by atoms with Crippen molar-refractivity contribution in [3.63, 3.8) is 0 Å². The summed E-state index contributed by atoms with van der Waals surface area (Å²) < 4.78 is 0. The molecule has 4 heteroatoms. The van der Waals surface area contributed by atoms with Crippen molar-refractivity contribution in [3.8, 4) is 0 Å². The summed E-state index contributed by atoms with van der Waals surface area (Å²) in [6, 6.07) is 6.38. The highest BCUT2D eigenvalue weighted by Crippen LogP contribution is 2.27. The van der Waals surface area contributed by atoms with E-state index in [9.17, 15) is 4.79 Å². The Hall–Kier alpha value is -1.13. The van der Waals surface area contributed by atoms with Crippen molar-refractivity contribution in [1.82, 2.24) is 4.98 Å². The monoisotopic (exact) mass is 319 g/mol. The lowest BCUT2D eigenvalue weighted by Crippen LogP contribution is -2.07. The lowest BCUT2D eigenvalue weighted by molar-refractivity contribution is -0.117. The Kier molecular flexibility index (Phi) is 6.00. The van der Waals surface area contributed by atoms with E-state index in [4.69, 9.17) is 0 Å². The van der Waals surface area contributed by atoms with Gasteiger partial charge in [0, 0.05) is 28.6 Å². The summed E-state index contributed by atoms with van der Waals surface area (Å²) in [6.45, 7) is 6.53. The fraction of sp³-hybridized carbons (Fsp3) is 0.412. The Morgan fingerprint density at radius 2 is 2.14 bits per heavy atom. The number of Topliss-reactive ketones (excluding diaryl/α,β-unsaturated/α-hetero) is 1. The molecule has 1 heterocycles. The first-order valence-electron chi connectivity index (χ1n) is 7.17. The Balaban J connectivity index is 2.05. The Morgan fingerprint density at radius 3 is 2.81 bits per heavy atom. The van der Waals surface area contributed by atoms with Gasteiger partial charge in [0.2, 0.25) is 0 Å². The summed E-state index contributed by atoms with van der Waals surface area (Å²) in [5.41, 5.74) is 2.39. The molecular weight excluding hydrogens is 298 g/mol. The van der Waals surface area contributed by atoms with Crippen LogP contribution in [-0.4, -0.2) is 16.5 Å². The summed E-state index contributed by atoms with van der Waals surface area (Å²) in [4.78, 5) is 17.6. The number of rotatable bonds is 7. The summed E-state index contributed by atoms with van der Waals surface area (Å²) in [6.07, 6.45) is 2.70. The molecule has 0 radical (unpaired) electrons. The van der Waals surface area contributed by atoms with Gasteiger partial charge >= 0.3 is 0 Å². The summed E-state index contributed by atoms with van der Waals surface area (Å²) >= 11 is 3.40. The van der Waals surface area contributed by atoms with Crippen LogP contribution in [0, 0.1) is 12.8 Å². The van der Waals surface area contributed by atoms with E-state index in [0.717, 1.165) is 16.3 Å². The van der Waals surface area contributed by atoms with E-state index < -0.39 is 0 Å². The van der Waals surface area contributed by atoms with E-state index in [1.54, 1.807) is 17.5 Å². The second-order valence-corrected chi connectivity index (χ2v) is 7.68. The Labute approximate surface area is 135 Å². The second-order valence-electron chi connectivity index (χ2n) is 5.63. The number of thioether (sulfide) groups is 1. The minimum Gasteiger partial charge on any atom is -0.299 e. The molecule has 1 aromatic carbocycles. The molecule has 0 unspecified atom stereocenters. The van der Waals surface area contributed by atoms with Crippen molar-refractivity contribution in [2.45, 2.75) is 38.5 Å².